The van der Waals surface area contributed by atoms with Crippen molar-refractivity contribution in [2.45, 2.75) is 73.3 Å². The molecule has 1 atom stereocenters. The quantitative estimate of drug-likeness (QED) is 0.622. The van der Waals surface area contributed by atoms with Crippen LogP contribution in [0.4, 0.5) is 0 Å². The Labute approximate surface area is 118 Å². The molecule has 0 radical (unpaired) electrons. The average Bonchev–Trinajstić information content (AvgIpc) is 2.78. The van der Waals surface area contributed by atoms with Crippen molar-refractivity contribution >= 4 is 0 Å². The summed E-state index contributed by atoms with van der Waals surface area (Å²) in [7, 11) is 0. The van der Waals surface area contributed by atoms with Crippen LogP contribution in [-0.4, -0.2) is 15.0 Å². The van der Waals surface area contributed by atoms with Gasteiger partial charge in [-0.2, -0.15) is 0 Å². The largest absolute Gasteiger partial charge is 0.249 e. The predicted octanol–water partition coefficient (Wildman–Crippen LogP) is 4.33. The summed E-state index contributed by atoms with van der Waals surface area (Å²) in [6, 6.07) is 0. The first-order chi connectivity index (χ1) is 9.00. The predicted molar refractivity (Wildman–Crippen MR) is 81.0 cm³/mol. The number of nitrogens with zero attached hydrogens (tertiary/aromatic N) is 3. The summed E-state index contributed by atoms with van der Waals surface area (Å²) in [6.45, 7) is 12.5. The van der Waals surface area contributed by atoms with Crippen LogP contribution in [-0.2, 0) is 13.0 Å². The van der Waals surface area contributed by atoms with E-state index in [4.69, 9.17) is 0 Å². The maximum Gasteiger partial charge on any atom is 0.0725 e. The summed E-state index contributed by atoms with van der Waals surface area (Å²) >= 11 is 0. The molecule has 0 spiro atoms. The number of aromatic nitrogens is 3. The minimum absolute atomic E-state index is 0.748. The Balaban J connectivity index is 2.34. The van der Waals surface area contributed by atoms with Crippen molar-refractivity contribution in [2.24, 2.45) is 17.8 Å². The van der Waals surface area contributed by atoms with Crippen molar-refractivity contribution < 1.29 is 0 Å². The van der Waals surface area contributed by atoms with E-state index in [9.17, 15) is 0 Å². The molecule has 0 saturated carbocycles. The zero-order valence-corrected chi connectivity index (χ0v) is 13.4. The monoisotopic (exact) mass is 265 g/mol. The third kappa shape index (κ3) is 6.22. The van der Waals surface area contributed by atoms with Gasteiger partial charge in [0.2, 0.25) is 0 Å². The maximum atomic E-state index is 4.23. The number of rotatable bonds is 9. The average molecular weight is 265 g/mol. The molecule has 0 aromatic carbocycles. The lowest BCUT2D eigenvalue weighted by Gasteiger charge is -2.15. The standard InChI is InChI=1S/C16H31N3/c1-13(2)8-6-7-9-16-12-17-18-19(16)11-10-15(5)14(3)4/h12-15H,6-11H2,1-5H3. The van der Waals surface area contributed by atoms with Crippen LogP contribution in [0.2, 0.25) is 0 Å². The minimum atomic E-state index is 0.748. The van der Waals surface area contributed by atoms with Crippen LogP contribution in [0.1, 0.15) is 66.0 Å². The van der Waals surface area contributed by atoms with E-state index in [1.54, 1.807) is 0 Å². The van der Waals surface area contributed by atoms with Crippen molar-refractivity contribution in [1.82, 2.24) is 15.0 Å². The highest BCUT2D eigenvalue weighted by Crippen LogP contribution is 2.16. The van der Waals surface area contributed by atoms with Gasteiger partial charge in [-0.15, -0.1) is 5.10 Å². The van der Waals surface area contributed by atoms with Crippen LogP contribution < -0.4 is 0 Å². The first kappa shape index (κ1) is 16.2. The van der Waals surface area contributed by atoms with Crippen molar-refractivity contribution in [3.63, 3.8) is 0 Å². The third-order valence-electron chi connectivity index (χ3n) is 4.10. The fraction of sp³-hybridized carbons (Fsp3) is 0.875. The molecular weight excluding hydrogens is 234 g/mol. The number of hydrogen-bond acceptors (Lipinski definition) is 2. The van der Waals surface area contributed by atoms with Crippen LogP contribution in [0.5, 0.6) is 0 Å². The van der Waals surface area contributed by atoms with Gasteiger partial charge in [-0.3, -0.25) is 0 Å². The fourth-order valence-electron chi connectivity index (χ4n) is 2.18. The summed E-state index contributed by atoms with van der Waals surface area (Å²) in [5.74, 6) is 2.31. The van der Waals surface area contributed by atoms with Gasteiger partial charge in [0.15, 0.2) is 0 Å². The molecule has 1 unspecified atom stereocenters. The lowest BCUT2D eigenvalue weighted by molar-refractivity contribution is 0.355. The lowest BCUT2D eigenvalue weighted by atomic mass is 9.95. The second kappa shape index (κ2) is 8.34. The van der Waals surface area contributed by atoms with E-state index in [0.29, 0.717) is 0 Å². The number of unbranched alkanes of at least 4 members (excludes halogenated alkanes) is 1. The molecule has 110 valence electrons. The Kier molecular flexibility index (Phi) is 7.11. The molecule has 0 aliphatic carbocycles. The summed E-state index contributed by atoms with van der Waals surface area (Å²) in [5.41, 5.74) is 1.31. The van der Waals surface area contributed by atoms with Crippen LogP contribution in [0.25, 0.3) is 0 Å². The Morgan fingerprint density at radius 1 is 1.05 bits per heavy atom. The molecule has 19 heavy (non-hydrogen) atoms. The highest BCUT2D eigenvalue weighted by atomic mass is 15.4. The molecule has 0 bridgehead atoms. The van der Waals surface area contributed by atoms with Crippen LogP contribution in [0.15, 0.2) is 6.20 Å². The van der Waals surface area contributed by atoms with Gasteiger partial charge in [-0.25, -0.2) is 4.68 Å². The molecule has 3 nitrogen and oxygen atoms in total. The number of hydrogen-bond donors (Lipinski definition) is 0. The van der Waals surface area contributed by atoms with Gasteiger partial charge in [0.1, 0.15) is 0 Å². The van der Waals surface area contributed by atoms with Crippen molar-refractivity contribution in [3.05, 3.63) is 11.9 Å². The Morgan fingerprint density at radius 3 is 2.42 bits per heavy atom. The van der Waals surface area contributed by atoms with Gasteiger partial charge < -0.3 is 0 Å². The van der Waals surface area contributed by atoms with E-state index < -0.39 is 0 Å². The smallest absolute Gasteiger partial charge is 0.0725 e. The Hall–Kier alpha value is -0.860. The molecule has 0 N–H and O–H groups in total. The first-order valence-corrected chi connectivity index (χ1v) is 7.88. The van der Waals surface area contributed by atoms with Crippen molar-refractivity contribution in [2.75, 3.05) is 0 Å². The summed E-state index contributed by atoms with van der Waals surface area (Å²) in [4.78, 5) is 0. The molecular formula is C16H31N3. The number of aryl methyl sites for hydroxylation is 2. The molecule has 1 rings (SSSR count). The van der Waals surface area contributed by atoms with Gasteiger partial charge in [-0.05, 0) is 37.0 Å². The van der Waals surface area contributed by atoms with E-state index in [2.05, 4.69) is 49.6 Å². The summed E-state index contributed by atoms with van der Waals surface area (Å²) in [6.07, 6.45) is 8.15. The normalized spacial score (nSPS) is 13.4. The highest BCUT2D eigenvalue weighted by molar-refractivity contribution is 4.94. The topological polar surface area (TPSA) is 30.7 Å². The molecule has 1 aromatic rings. The molecule has 0 aliphatic rings. The lowest BCUT2D eigenvalue weighted by Crippen LogP contribution is -2.12. The SMILES string of the molecule is CC(C)CCCCc1cnnn1CCC(C)C(C)C. The van der Waals surface area contributed by atoms with Gasteiger partial charge in [0, 0.05) is 6.54 Å². The van der Waals surface area contributed by atoms with Crippen molar-refractivity contribution in [3.8, 4) is 0 Å². The van der Waals surface area contributed by atoms with E-state index in [-0.39, 0.29) is 0 Å². The zero-order chi connectivity index (χ0) is 14.3. The maximum absolute atomic E-state index is 4.23. The Morgan fingerprint density at radius 2 is 1.79 bits per heavy atom. The zero-order valence-electron chi connectivity index (χ0n) is 13.4. The van der Waals surface area contributed by atoms with Crippen LogP contribution >= 0.6 is 0 Å². The molecule has 0 fully saturated rings. The highest BCUT2D eigenvalue weighted by Gasteiger charge is 2.09. The summed E-state index contributed by atoms with van der Waals surface area (Å²) in [5, 5.41) is 8.30. The second-order valence-corrected chi connectivity index (χ2v) is 6.60. The van der Waals surface area contributed by atoms with Crippen molar-refractivity contribution in [1.29, 1.82) is 0 Å². The van der Waals surface area contributed by atoms with E-state index in [1.807, 2.05) is 6.20 Å². The van der Waals surface area contributed by atoms with E-state index in [1.165, 1.54) is 31.4 Å². The fourth-order valence-corrected chi connectivity index (χ4v) is 2.18. The summed E-state index contributed by atoms with van der Waals surface area (Å²) < 4.78 is 2.11. The van der Waals surface area contributed by atoms with Gasteiger partial charge in [-0.1, -0.05) is 52.7 Å². The minimum Gasteiger partial charge on any atom is -0.249 e. The van der Waals surface area contributed by atoms with E-state index >= 15 is 0 Å². The van der Waals surface area contributed by atoms with Gasteiger partial charge in [0.05, 0.1) is 11.9 Å². The van der Waals surface area contributed by atoms with Gasteiger partial charge >= 0.3 is 0 Å². The molecule has 1 heterocycles. The third-order valence-corrected chi connectivity index (χ3v) is 4.10. The van der Waals surface area contributed by atoms with E-state index in [0.717, 1.165) is 30.7 Å². The molecule has 3 heteroatoms. The van der Waals surface area contributed by atoms with Crippen LogP contribution in [0, 0.1) is 17.8 Å². The molecule has 0 aliphatic heterocycles. The van der Waals surface area contributed by atoms with Gasteiger partial charge in [0.25, 0.3) is 0 Å². The molecule has 0 amide bonds. The first-order valence-electron chi connectivity index (χ1n) is 7.88. The Bertz CT molecular complexity index is 342. The molecule has 1 aromatic heterocycles. The van der Waals surface area contributed by atoms with Crippen LogP contribution in [0.3, 0.4) is 0 Å². The second-order valence-electron chi connectivity index (χ2n) is 6.60. The molecule has 0 saturated heterocycles.